The number of hydrogen-bond acceptors (Lipinski definition) is 5. The van der Waals surface area contributed by atoms with Gasteiger partial charge in [-0.15, -0.1) is 0 Å². The molecule has 0 aromatic heterocycles. The fourth-order valence-electron chi connectivity index (χ4n) is 4.98. The SMILES string of the molecule is O=C(Nc1ccc([C@@H]2O[C@H](CN3CCCCC3)C[C@H](c3ccc(CO)cc3)O2)cc1)c1ccccc1. The van der Waals surface area contributed by atoms with Crippen LogP contribution < -0.4 is 5.32 Å². The largest absolute Gasteiger partial charge is 0.392 e. The smallest absolute Gasteiger partial charge is 0.255 e. The van der Waals surface area contributed by atoms with Crippen LogP contribution in [0.15, 0.2) is 78.9 Å². The van der Waals surface area contributed by atoms with E-state index in [1.165, 1.54) is 19.3 Å². The van der Waals surface area contributed by atoms with Crippen LogP contribution in [0.4, 0.5) is 5.69 Å². The van der Waals surface area contributed by atoms with Gasteiger partial charge in [0.25, 0.3) is 5.91 Å². The van der Waals surface area contributed by atoms with Gasteiger partial charge in [-0.25, -0.2) is 0 Å². The number of rotatable bonds is 7. The van der Waals surface area contributed by atoms with Gasteiger partial charge in [-0.05, 0) is 61.3 Å². The van der Waals surface area contributed by atoms with Gasteiger partial charge in [0.05, 0.1) is 18.8 Å². The Hall–Kier alpha value is -3.03. The number of aliphatic hydroxyl groups excluding tert-OH is 1. The summed E-state index contributed by atoms with van der Waals surface area (Å²) in [7, 11) is 0. The molecular formula is C30H34N2O4. The Balaban J connectivity index is 1.30. The lowest BCUT2D eigenvalue weighted by Crippen LogP contribution is -2.41. The number of aliphatic hydroxyl groups is 1. The number of carbonyl (C=O) groups excluding carboxylic acids is 1. The highest BCUT2D eigenvalue weighted by Crippen LogP contribution is 2.38. The third kappa shape index (κ3) is 6.20. The van der Waals surface area contributed by atoms with Crippen LogP contribution in [0, 0.1) is 0 Å². The summed E-state index contributed by atoms with van der Waals surface area (Å²) in [5, 5.41) is 12.4. The molecule has 0 saturated carbocycles. The van der Waals surface area contributed by atoms with Gasteiger partial charge in [0.2, 0.25) is 0 Å². The Morgan fingerprint density at radius 1 is 0.861 bits per heavy atom. The van der Waals surface area contributed by atoms with E-state index < -0.39 is 6.29 Å². The normalized spacial score (nSPS) is 22.8. The number of likely N-dealkylation sites (tertiary alicyclic amines) is 1. The van der Waals surface area contributed by atoms with Crippen molar-refractivity contribution in [1.29, 1.82) is 0 Å². The van der Waals surface area contributed by atoms with E-state index in [2.05, 4.69) is 10.2 Å². The first-order chi connectivity index (χ1) is 17.7. The fourth-order valence-corrected chi connectivity index (χ4v) is 4.98. The van der Waals surface area contributed by atoms with Crippen molar-refractivity contribution < 1.29 is 19.4 Å². The predicted molar refractivity (Wildman–Crippen MR) is 140 cm³/mol. The Morgan fingerprint density at radius 3 is 2.25 bits per heavy atom. The van der Waals surface area contributed by atoms with Gasteiger partial charge < -0.3 is 24.8 Å². The highest BCUT2D eigenvalue weighted by atomic mass is 16.7. The van der Waals surface area contributed by atoms with Crippen molar-refractivity contribution in [2.45, 2.75) is 50.8 Å². The van der Waals surface area contributed by atoms with Crippen LogP contribution in [0.3, 0.4) is 0 Å². The highest BCUT2D eigenvalue weighted by molar-refractivity contribution is 6.04. The molecule has 0 bridgehead atoms. The summed E-state index contributed by atoms with van der Waals surface area (Å²) in [5.74, 6) is -0.137. The quantitative estimate of drug-likeness (QED) is 0.464. The summed E-state index contributed by atoms with van der Waals surface area (Å²) in [4.78, 5) is 15.0. The lowest BCUT2D eigenvalue weighted by atomic mass is 9.99. The number of piperidine rings is 1. The second-order valence-corrected chi connectivity index (χ2v) is 9.65. The van der Waals surface area contributed by atoms with Crippen LogP contribution in [0.5, 0.6) is 0 Å². The first-order valence-electron chi connectivity index (χ1n) is 12.9. The van der Waals surface area contributed by atoms with Crippen molar-refractivity contribution in [3.8, 4) is 0 Å². The molecule has 3 aromatic carbocycles. The predicted octanol–water partition coefficient (Wildman–Crippen LogP) is 5.46. The minimum Gasteiger partial charge on any atom is -0.392 e. The molecule has 2 heterocycles. The minimum absolute atomic E-state index is 0.0300. The molecule has 2 saturated heterocycles. The third-order valence-electron chi connectivity index (χ3n) is 7.00. The Morgan fingerprint density at radius 2 is 1.56 bits per heavy atom. The first kappa shape index (κ1) is 24.7. The van der Waals surface area contributed by atoms with Crippen molar-refractivity contribution in [3.05, 3.63) is 101 Å². The van der Waals surface area contributed by atoms with Crippen LogP contribution in [0.1, 0.15) is 65.1 Å². The van der Waals surface area contributed by atoms with Gasteiger partial charge in [-0.3, -0.25) is 4.79 Å². The van der Waals surface area contributed by atoms with E-state index in [0.717, 1.165) is 48.4 Å². The monoisotopic (exact) mass is 486 g/mol. The number of benzene rings is 3. The molecule has 3 atom stereocenters. The maximum absolute atomic E-state index is 12.5. The Labute approximate surface area is 212 Å². The van der Waals surface area contributed by atoms with Gasteiger partial charge in [0.15, 0.2) is 6.29 Å². The average molecular weight is 487 g/mol. The van der Waals surface area contributed by atoms with E-state index in [9.17, 15) is 9.90 Å². The van der Waals surface area contributed by atoms with Gasteiger partial charge >= 0.3 is 0 Å². The van der Waals surface area contributed by atoms with Crippen molar-refractivity contribution in [2.24, 2.45) is 0 Å². The number of hydrogen-bond donors (Lipinski definition) is 2. The Kier molecular flexibility index (Phi) is 8.08. The zero-order valence-electron chi connectivity index (χ0n) is 20.5. The molecule has 1 amide bonds. The van der Waals surface area contributed by atoms with Crippen molar-refractivity contribution in [3.63, 3.8) is 0 Å². The van der Waals surface area contributed by atoms with Crippen molar-refractivity contribution >= 4 is 11.6 Å². The highest BCUT2D eigenvalue weighted by Gasteiger charge is 2.33. The average Bonchev–Trinajstić information content (AvgIpc) is 2.94. The molecule has 0 spiro atoms. The van der Waals surface area contributed by atoms with E-state index in [0.29, 0.717) is 5.56 Å². The van der Waals surface area contributed by atoms with Gasteiger partial charge in [-0.2, -0.15) is 0 Å². The van der Waals surface area contributed by atoms with E-state index >= 15 is 0 Å². The van der Waals surface area contributed by atoms with Crippen molar-refractivity contribution in [2.75, 3.05) is 25.0 Å². The number of ether oxygens (including phenoxy) is 2. The summed E-state index contributed by atoms with van der Waals surface area (Å²) < 4.78 is 12.9. The molecule has 0 unspecified atom stereocenters. The molecule has 188 valence electrons. The number of nitrogens with zero attached hydrogens (tertiary/aromatic N) is 1. The van der Waals surface area contributed by atoms with Crippen LogP contribution in [-0.2, 0) is 16.1 Å². The molecule has 2 aliphatic rings. The summed E-state index contributed by atoms with van der Waals surface area (Å²) >= 11 is 0. The summed E-state index contributed by atoms with van der Waals surface area (Å²) in [6.45, 7) is 3.17. The summed E-state index contributed by atoms with van der Waals surface area (Å²) in [6.07, 6.45) is 4.06. The van der Waals surface area contributed by atoms with Gasteiger partial charge in [0.1, 0.15) is 0 Å². The molecule has 0 aliphatic carbocycles. The molecule has 0 radical (unpaired) electrons. The molecular weight excluding hydrogens is 452 g/mol. The molecule has 6 nitrogen and oxygen atoms in total. The lowest BCUT2D eigenvalue weighted by molar-refractivity contribution is -0.253. The Bertz CT molecular complexity index is 1110. The molecule has 6 heteroatoms. The van der Waals surface area contributed by atoms with Gasteiger partial charge in [0, 0.05) is 29.8 Å². The maximum atomic E-state index is 12.5. The number of anilines is 1. The fraction of sp³-hybridized carbons (Fsp3) is 0.367. The second kappa shape index (κ2) is 11.8. The molecule has 2 N–H and O–H groups in total. The lowest BCUT2D eigenvalue weighted by Gasteiger charge is -2.39. The van der Waals surface area contributed by atoms with E-state index in [-0.39, 0.29) is 24.7 Å². The molecule has 3 aromatic rings. The summed E-state index contributed by atoms with van der Waals surface area (Å²) in [6, 6.07) is 24.9. The van der Waals surface area contributed by atoms with E-state index in [1.54, 1.807) is 12.1 Å². The first-order valence-corrected chi connectivity index (χ1v) is 12.9. The zero-order valence-corrected chi connectivity index (χ0v) is 20.5. The zero-order chi connectivity index (χ0) is 24.7. The van der Waals surface area contributed by atoms with Crippen LogP contribution in [-0.4, -0.2) is 41.7 Å². The molecule has 2 aliphatic heterocycles. The standard InChI is InChI=1S/C30H34N2O4/c33-21-22-9-11-23(12-10-22)28-19-27(20-32-17-5-2-6-18-32)35-30(36-28)25-13-15-26(16-14-25)31-29(34)24-7-3-1-4-8-24/h1,3-4,7-16,27-28,30,33H,2,5-6,17-21H2,(H,31,34)/t27-,28+,30+/m0/s1. The number of nitrogens with one attached hydrogen (secondary N) is 1. The number of amides is 1. The van der Waals surface area contributed by atoms with Crippen LogP contribution in [0.2, 0.25) is 0 Å². The maximum Gasteiger partial charge on any atom is 0.255 e. The third-order valence-corrected chi connectivity index (χ3v) is 7.00. The molecule has 2 fully saturated rings. The van der Waals surface area contributed by atoms with E-state index in [4.69, 9.17) is 9.47 Å². The van der Waals surface area contributed by atoms with Crippen LogP contribution >= 0.6 is 0 Å². The van der Waals surface area contributed by atoms with E-state index in [1.807, 2.05) is 66.7 Å². The topological polar surface area (TPSA) is 71.0 Å². The summed E-state index contributed by atoms with van der Waals surface area (Å²) in [5.41, 5.74) is 4.25. The molecule has 36 heavy (non-hydrogen) atoms. The minimum atomic E-state index is -0.491. The second-order valence-electron chi connectivity index (χ2n) is 9.65. The number of carbonyl (C=O) groups is 1. The van der Waals surface area contributed by atoms with Gasteiger partial charge in [-0.1, -0.05) is 61.0 Å². The molecule has 5 rings (SSSR count). The van der Waals surface area contributed by atoms with Crippen LogP contribution in [0.25, 0.3) is 0 Å². The van der Waals surface area contributed by atoms with Crippen molar-refractivity contribution in [1.82, 2.24) is 4.90 Å².